The van der Waals surface area contributed by atoms with Crippen LogP contribution in [0, 0.1) is 5.82 Å². The van der Waals surface area contributed by atoms with Crippen LogP contribution in [0.4, 0.5) is 4.39 Å². The van der Waals surface area contributed by atoms with Crippen molar-refractivity contribution in [2.45, 2.75) is 32.2 Å². The predicted molar refractivity (Wildman–Crippen MR) is 88.8 cm³/mol. The quantitative estimate of drug-likeness (QED) is 0.898. The number of carbonyl (C=O) groups is 1. The zero-order valence-corrected chi connectivity index (χ0v) is 13.5. The minimum absolute atomic E-state index is 0.0237. The maximum Gasteiger partial charge on any atom is 0.255 e. The van der Waals surface area contributed by atoms with Gasteiger partial charge in [0.15, 0.2) is 11.6 Å². The summed E-state index contributed by atoms with van der Waals surface area (Å²) in [5, 5.41) is 12.9. The molecule has 2 aromatic rings. The molecule has 0 spiro atoms. The average molecular weight is 329 g/mol. The van der Waals surface area contributed by atoms with Crippen LogP contribution < -0.4 is 10.1 Å². The summed E-state index contributed by atoms with van der Waals surface area (Å²) in [4.78, 5) is 12.6. The first-order valence-corrected chi connectivity index (χ1v) is 8.14. The fourth-order valence-electron chi connectivity index (χ4n) is 3.19. The molecular formula is C19H20FNO3. The van der Waals surface area contributed by atoms with E-state index >= 15 is 0 Å². The van der Waals surface area contributed by atoms with Gasteiger partial charge >= 0.3 is 0 Å². The van der Waals surface area contributed by atoms with Crippen LogP contribution in [0.3, 0.4) is 0 Å². The number of benzene rings is 2. The van der Waals surface area contributed by atoms with E-state index in [4.69, 9.17) is 4.74 Å². The van der Waals surface area contributed by atoms with Gasteiger partial charge in [-0.15, -0.1) is 0 Å². The first-order valence-electron chi connectivity index (χ1n) is 8.14. The van der Waals surface area contributed by atoms with Crippen molar-refractivity contribution in [1.82, 2.24) is 5.32 Å². The summed E-state index contributed by atoms with van der Waals surface area (Å²) in [5.74, 6) is -0.693. The van der Waals surface area contributed by atoms with Crippen molar-refractivity contribution in [2.75, 3.05) is 6.61 Å². The van der Waals surface area contributed by atoms with Gasteiger partial charge in [0.25, 0.3) is 5.91 Å². The molecule has 5 heteroatoms. The number of phenolic OH excluding ortho intramolecular Hbond substituents is 1. The standard InChI is InChI=1S/C19H20FNO3/c1-2-24-18-14(8-3-9-15(18)20)19(23)21-16-10-4-7-13-12(16)6-5-11-17(13)22/h3,5-6,8-9,11,16,22H,2,4,7,10H2,1H3,(H,21,23). The van der Waals surface area contributed by atoms with E-state index < -0.39 is 5.82 Å². The summed E-state index contributed by atoms with van der Waals surface area (Å²) < 4.78 is 19.2. The van der Waals surface area contributed by atoms with Gasteiger partial charge in [-0.25, -0.2) is 4.39 Å². The van der Waals surface area contributed by atoms with Gasteiger partial charge in [0.2, 0.25) is 0 Å². The van der Waals surface area contributed by atoms with Crippen molar-refractivity contribution in [3.8, 4) is 11.5 Å². The number of phenols is 1. The highest BCUT2D eigenvalue weighted by molar-refractivity contribution is 5.97. The number of nitrogens with one attached hydrogen (secondary N) is 1. The number of para-hydroxylation sites is 1. The number of carbonyl (C=O) groups excluding carboxylic acids is 1. The Bertz CT molecular complexity index is 760. The Kier molecular flexibility index (Phi) is 4.69. The van der Waals surface area contributed by atoms with E-state index in [1.165, 1.54) is 12.1 Å². The van der Waals surface area contributed by atoms with Gasteiger partial charge in [-0.1, -0.05) is 18.2 Å². The number of amides is 1. The molecule has 1 amide bonds. The molecule has 0 fully saturated rings. The van der Waals surface area contributed by atoms with Gasteiger partial charge in [-0.3, -0.25) is 4.79 Å². The van der Waals surface area contributed by atoms with Gasteiger partial charge in [0, 0.05) is 0 Å². The topological polar surface area (TPSA) is 58.6 Å². The third kappa shape index (κ3) is 3.07. The number of hydrogen-bond acceptors (Lipinski definition) is 3. The van der Waals surface area contributed by atoms with Crippen LogP contribution in [0.5, 0.6) is 11.5 Å². The number of halogens is 1. The van der Waals surface area contributed by atoms with Crippen molar-refractivity contribution < 1.29 is 19.0 Å². The molecule has 4 nitrogen and oxygen atoms in total. The molecule has 0 radical (unpaired) electrons. The Morgan fingerprint density at radius 1 is 1.33 bits per heavy atom. The number of hydrogen-bond donors (Lipinski definition) is 2. The molecule has 1 atom stereocenters. The molecule has 2 aromatic carbocycles. The summed E-state index contributed by atoms with van der Waals surface area (Å²) in [6, 6.07) is 9.45. The molecule has 0 saturated heterocycles. The smallest absolute Gasteiger partial charge is 0.255 e. The van der Waals surface area contributed by atoms with Crippen LogP contribution in [-0.4, -0.2) is 17.6 Å². The lowest BCUT2D eigenvalue weighted by molar-refractivity contribution is 0.0927. The number of aromatic hydroxyl groups is 1. The van der Waals surface area contributed by atoms with Crippen LogP contribution in [0.2, 0.25) is 0 Å². The van der Waals surface area contributed by atoms with Crippen LogP contribution >= 0.6 is 0 Å². The third-order valence-corrected chi connectivity index (χ3v) is 4.29. The Labute approximate surface area is 140 Å². The normalized spacial score (nSPS) is 16.3. The van der Waals surface area contributed by atoms with E-state index in [0.717, 1.165) is 30.4 Å². The Morgan fingerprint density at radius 2 is 2.12 bits per heavy atom. The van der Waals surface area contributed by atoms with E-state index in [0.29, 0.717) is 0 Å². The van der Waals surface area contributed by atoms with E-state index in [-0.39, 0.29) is 35.6 Å². The Balaban J connectivity index is 1.87. The predicted octanol–water partition coefficient (Wildman–Crippen LogP) is 3.74. The van der Waals surface area contributed by atoms with E-state index in [9.17, 15) is 14.3 Å². The zero-order chi connectivity index (χ0) is 17.1. The molecule has 1 aliphatic rings. The van der Waals surface area contributed by atoms with Crippen molar-refractivity contribution in [3.05, 3.63) is 58.9 Å². The summed E-state index contributed by atoms with van der Waals surface area (Å²) in [5.41, 5.74) is 1.98. The van der Waals surface area contributed by atoms with E-state index in [2.05, 4.69) is 5.32 Å². The molecule has 0 saturated carbocycles. The summed E-state index contributed by atoms with van der Waals surface area (Å²) in [7, 11) is 0. The molecule has 1 unspecified atom stereocenters. The largest absolute Gasteiger partial charge is 0.508 e. The SMILES string of the molecule is CCOc1c(F)cccc1C(=O)NC1CCCc2c(O)cccc21. The maximum atomic E-state index is 13.9. The third-order valence-electron chi connectivity index (χ3n) is 4.29. The van der Waals surface area contributed by atoms with Crippen LogP contribution in [0.25, 0.3) is 0 Å². The minimum Gasteiger partial charge on any atom is -0.508 e. The minimum atomic E-state index is -0.550. The van der Waals surface area contributed by atoms with Gasteiger partial charge in [0.1, 0.15) is 5.75 Å². The molecular weight excluding hydrogens is 309 g/mol. The second kappa shape index (κ2) is 6.91. The lowest BCUT2D eigenvalue weighted by Crippen LogP contribution is -2.31. The van der Waals surface area contributed by atoms with Crippen molar-refractivity contribution in [3.63, 3.8) is 0 Å². The summed E-state index contributed by atoms with van der Waals surface area (Å²) in [6.07, 6.45) is 2.44. The first kappa shape index (κ1) is 16.3. The van der Waals surface area contributed by atoms with Crippen molar-refractivity contribution in [1.29, 1.82) is 0 Å². The number of fused-ring (bicyclic) bond motifs is 1. The Morgan fingerprint density at radius 3 is 2.92 bits per heavy atom. The fourth-order valence-corrected chi connectivity index (χ4v) is 3.19. The van der Waals surface area contributed by atoms with Gasteiger partial charge < -0.3 is 15.2 Å². The summed E-state index contributed by atoms with van der Waals surface area (Å²) >= 11 is 0. The molecule has 0 heterocycles. The zero-order valence-electron chi connectivity index (χ0n) is 13.5. The van der Waals surface area contributed by atoms with Crippen molar-refractivity contribution in [2.24, 2.45) is 0 Å². The first-order chi connectivity index (χ1) is 11.6. The number of ether oxygens (including phenoxy) is 1. The highest BCUT2D eigenvalue weighted by atomic mass is 19.1. The molecule has 3 rings (SSSR count). The number of rotatable bonds is 4. The van der Waals surface area contributed by atoms with Crippen LogP contribution in [-0.2, 0) is 6.42 Å². The van der Waals surface area contributed by atoms with Gasteiger partial charge in [-0.05, 0) is 55.5 Å². The molecule has 0 bridgehead atoms. The lowest BCUT2D eigenvalue weighted by atomic mass is 9.87. The highest BCUT2D eigenvalue weighted by Gasteiger charge is 2.25. The van der Waals surface area contributed by atoms with Crippen LogP contribution in [0.15, 0.2) is 36.4 Å². The van der Waals surface area contributed by atoms with Gasteiger partial charge in [-0.2, -0.15) is 0 Å². The van der Waals surface area contributed by atoms with Crippen molar-refractivity contribution >= 4 is 5.91 Å². The molecule has 24 heavy (non-hydrogen) atoms. The molecule has 0 aromatic heterocycles. The summed E-state index contributed by atoms with van der Waals surface area (Å²) in [6.45, 7) is 2.02. The van der Waals surface area contributed by atoms with Crippen LogP contribution in [0.1, 0.15) is 47.3 Å². The highest BCUT2D eigenvalue weighted by Crippen LogP contribution is 2.35. The monoisotopic (exact) mass is 329 g/mol. The molecule has 126 valence electrons. The second-order valence-electron chi connectivity index (χ2n) is 5.81. The maximum absolute atomic E-state index is 13.9. The van der Waals surface area contributed by atoms with E-state index in [1.54, 1.807) is 25.1 Å². The lowest BCUT2D eigenvalue weighted by Gasteiger charge is -2.27. The average Bonchev–Trinajstić information content (AvgIpc) is 2.58. The van der Waals surface area contributed by atoms with Gasteiger partial charge in [0.05, 0.1) is 18.2 Å². The molecule has 0 aliphatic heterocycles. The Hall–Kier alpha value is -2.56. The molecule has 1 aliphatic carbocycles. The van der Waals surface area contributed by atoms with E-state index in [1.807, 2.05) is 6.07 Å². The fraction of sp³-hybridized carbons (Fsp3) is 0.316. The second-order valence-corrected chi connectivity index (χ2v) is 5.81. The molecule has 2 N–H and O–H groups in total.